The molecule has 116 valence electrons. The third-order valence-electron chi connectivity index (χ3n) is 5.31. The molecular weight excluding hydrogens is 280 g/mol. The molecule has 0 radical (unpaired) electrons. The zero-order valence-corrected chi connectivity index (χ0v) is 13.6. The monoisotopic (exact) mass is 302 g/mol. The summed E-state index contributed by atoms with van der Waals surface area (Å²) in [7, 11) is 0. The third-order valence-corrected chi connectivity index (χ3v) is 5.31. The molecule has 2 aromatic carbocycles. The minimum Gasteiger partial charge on any atom is -0.289 e. The van der Waals surface area contributed by atoms with Gasteiger partial charge in [-0.2, -0.15) is 0 Å². The molecule has 0 atom stereocenters. The molecule has 1 nitrogen and oxygen atoms in total. The SMILES string of the molecule is Cc1ccc(C2=C(C3CCCCC3)C(=O)c3ccccc32)cc1. The van der Waals surface area contributed by atoms with Crippen LogP contribution < -0.4 is 0 Å². The highest BCUT2D eigenvalue weighted by molar-refractivity contribution is 6.23. The number of benzene rings is 2. The molecule has 0 saturated heterocycles. The summed E-state index contributed by atoms with van der Waals surface area (Å²) in [6, 6.07) is 16.8. The van der Waals surface area contributed by atoms with Gasteiger partial charge in [0.05, 0.1) is 0 Å². The summed E-state index contributed by atoms with van der Waals surface area (Å²) >= 11 is 0. The van der Waals surface area contributed by atoms with Crippen LogP contribution >= 0.6 is 0 Å². The summed E-state index contributed by atoms with van der Waals surface area (Å²) in [5, 5.41) is 0. The van der Waals surface area contributed by atoms with Gasteiger partial charge in [0.2, 0.25) is 0 Å². The van der Waals surface area contributed by atoms with Gasteiger partial charge in [-0.1, -0.05) is 73.4 Å². The van der Waals surface area contributed by atoms with Gasteiger partial charge in [-0.25, -0.2) is 0 Å². The van der Waals surface area contributed by atoms with E-state index in [-0.39, 0.29) is 5.78 Å². The van der Waals surface area contributed by atoms with Gasteiger partial charge in [0.15, 0.2) is 5.78 Å². The fourth-order valence-corrected chi connectivity index (χ4v) is 4.11. The zero-order valence-electron chi connectivity index (χ0n) is 13.6. The number of hydrogen-bond acceptors (Lipinski definition) is 1. The number of rotatable bonds is 2. The summed E-state index contributed by atoms with van der Waals surface area (Å²) in [5.74, 6) is 0.697. The Hall–Kier alpha value is -2.15. The maximum absolute atomic E-state index is 13.1. The second-order valence-electron chi connectivity index (χ2n) is 6.86. The van der Waals surface area contributed by atoms with Gasteiger partial charge in [0.25, 0.3) is 0 Å². The van der Waals surface area contributed by atoms with Crippen LogP contribution in [0.4, 0.5) is 0 Å². The topological polar surface area (TPSA) is 17.1 Å². The van der Waals surface area contributed by atoms with Gasteiger partial charge in [-0.3, -0.25) is 4.79 Å². The number of Topliss-reactive ketones (excluding diaryl/α,β-unsaturated/α-hetero) is 1. The lowest BCUT2D eigenvalue weighted by Gasteiger charge is -2.23. The maximum Gasteiger partial charge on any atom is 0.190 e. The molecule has 0 amide bonds. The fourth-order valence-electron chi connectivity index (χ4n) is 4.11. The van der Waals surface area contributed by atoms with E-state index >= 15 is 0 Å². The van der Waals surface area contributed by atoms with Crippen molar-refractivity contribution in [1.82, 2.24) is 0 Å². The van der Waals surface area contributed by atoms with Gasteiger partial charge >= 0.3 is 0 Å². The average Bonchev–Trinajstić information content (AvgIpc) is 2.90. The minimum atomic E-state index is 0.267. The van der Waals surface area contributed by atoms with Crippen molar-refractivity contribution in [2.75, 3.05) is 0 Å². The second kappa shape index (κ2) is 5.81. The highest BCUT2D eigenvalue weighted by Crippen LogP contribution is 2.44. The Morgan fingerprint density at radius 2 is 1.48 bits per heavy atom. The van der Waals surface area contributed by atoms with E-state index in [1.54, 1.807) is 0 Å². The fraction of sp³-hybridized carbons (Fsp3) is 0.318. The van der Waals surface area contributed by atoms with Crippen molar-refractivity contribution in [3.8, 4) is 0 Å². The van der Waals surface area contributed by atoms with Gasteiger partial charge in [0, 0.05) is 11.1 Å². The van der Waals surface area contributed by atoms with Crippen LogP contribution in [0.5, 0.6) is 0 Å². The normalized spacial score (nSPS) is 18.4. The number of aryl methyl sites for hydroxylation is 1. The minimum absolute atomic E-state index is 0.267. The molecule has 4 rings (SSSR count). The van der Waals surface area contributed by atoms with Gasteiger partial charge in [0.1, 0.15) is 0 Å². The molecule has 2 aromatic rings. The second-order valence-corrected chi connectivity index (χ2v) is 6.86. The number of ketones is 1. The van der Waals surface area contributed by atoms with E-state index in [1.807, 2.05) is 18.2 Å². The van der Waals surface area contributed by atoms with E-state index < -0.39 is 0 Å². The smallest absolute Gasteiger partial charge is 0.190 e. The quantitative estimate of drug-likeness (QED) is 0.708. The molecule has 0 bridgehead atoms. The van der Waals surface area contributed by atoms with E-state index in [0.29, 0.717) is 5.92 Å². The molecule has 1 heteroatoms. The van der Waals surface area contributed by atoms with Gasteiger partial charge in [-0.15, -0.1) is 0 Å². The van der Waals surface area contributed by atoms with Gasteiger partial charge < -0.3 is 0 Å². The summed E-state index contributed by atoms with van der Waals surface area (Å²) in [6.45, 7) is 2.11. The van der Waals surface area contributed by atoms with Crippen molar-refractivity contribution in [3.05, 3.63) is 76.4 Å². The number of hydrogen-bond donors (Lipinski definition) is 0. The Balaban J connectivity index is 1.90. The first-order valence-corrected chi connectivity index (χ1v) is 8.71. The number of carbonyl (C=O) groups is 1. The van der Waals surface area contributed by atoms with E-state index in [0.717, 1.165) is 29.5 Å². The van der Waals surface area contributed by atoms with Crippen LogP contribution in [0.2, 0.25) is 0 Å². The van der Waals surface area contributed by atoms with E-state index in [9.17, 15) is 4.79 Å². The predicted octanol–water partition coefficient (Wildman–Crippen LogP) is 5.57. The first-order chi connectivity index (χ1) is 11.3. The highest BCUT2D eigenvalue weighted by atomic mass is 16.1. The van der Waals surface area contributed by atoms with Crippen LogP contribution in [0.15, 0.2) is 54.1 Å². The Labute approximate surface area is 138 Å². The molecule has 1 fully saturated rings. The Morgan fingerprint density at radius 3 is 2.17 bits per heavy atom. The molecule has 2 aliphatic rings. The zero-order chi connectivity index (χ0) is 15.8. The molecule has 1 saturated carbocycles. The average molecular weight is 302 g/mol. The lowest BCUT2D eigenvalue weighted by molar-refractivity contribution is 0.102. The Morgan fingerprint density at radius 1 is 0.826 bits per heavy atom. The summed E-state index contributed by atoms with van der Waals surface area (Å²) < 4.78 is 0. The molecule has 0 aliphatic heterocycles. The first kappa shape index (κ1) is 14.4. The van der Waals surface area contributed by atoms with Crippen molar-refractivity contribution in [1.29, 1.82) is 0 Å². The predicted molar refractivity (Wildman–Crippen MR) is 94.5 cm³/mol. The molecular formula is C22H22O. The van der Waals surface area contributed by atoms with Crippen LogP contribution in [-0.4, -0.2) is 5.78 Å². The number of carbonyl (C=O) groups excluding carboxylic acids is 1. The van der Waals surface area contributed by atoms with Gasteiger partial charge in [-0.05, 0) is 42.4 Å². The van der Waals surface area contributed by atoms with Crippen molar-refractivity contribution >= 4 is 11.4 Å². The molecule has 0 spiro atoms. The van der Waals surface area contributed by atoms with Crippen LogP contribution in [-0.2, 0) is 0 Å². The first-order valence-electron chi connectivity index (χ1n) is 8.71. The molecule has 0 unspecified atom stereocenters. The van der Waals surface area contributed by atoms with Crippen LogP contribution in [0, 0.1) is 12.8 Å². The lowest BCUT2D eigenvalue weighted by Crippen LogP contribution is -2.14. The molecule has 0 heterocycles. The third kappa shape index (κ3) is 2.45. The Bertz CT molecular complexity index is 774. The molecule has 0 N–H and O–H groups in total. The molecule has 2 aliphatic carbocycles. The number of allylic oxidation sites excluding steroid dienone is 1. The summed E-state index contributed by atoms with van der Waals surface area (Å²) in [6.07, 6.45) is 6.12. The largest absolute Gasteiger partial charge is 0.289 e. The van der Waals surface area contributed by atoms with Crippen LogP contribution in [0.3, 0.4) is 0 Å². The van der Waals surface area contributed by atoms with Crippen molar-refractivity contribution in [2.24, 2.45) is 5.92 Å². The summed E-state index contributed by atoms with van der Waals surface area (Å²) in [5.41, 5.74) is 6.73. The van der Waals surface area contributed by atoms with Crippen molar-refractivity contribution in [2.45, 2.75) is 39.0 Å². The summed E-state index contributed by atoms with van der Waals surface area (Å²) in [4.78, 5) is 13.1. The van der Waals surface area contributed by atoms with Crippen molar-refractivity contribution in [3.63, 3.8) is 0 Å². The van der Waals surface area contributed by atoms with Crippen molar-refractivity contribution < 1.29 is 4.79 Å². The standard InChI is InChI=1S/C22H22O/c1-15-11-13-17(14-12-15)20-18-9-5-6-10-19(18)22(23)21(20)16-7-3-2-4-8-16/h5-6,9-14,16H,2-4,7-8H2,1H3. The highest BCUT2D eigenvalue weighted by Gasteiger charge is 2.34. The number of fused-ring (bicyclic) bond motifs is 1. The van der Waals surface area contributed by atoms with Crippen LogP contribution in [0.25, 0.3) is 5.57 Å². The maximum atomic E-state index is 13.1. The van der Waals surface area contributed by atoms with Crippen LogP contribution in [0.1, 0.15) is 59.2 Å². The van der Waals surface area contributed by atoms with E-state index in [1.165, 1.54) is 36.0 Å². The Kier molecular flexibility index (Phi) is 3.65. The lowest BCUT2D eigenvalue weighted by atomic mass is 9.80. The van der Waals surface area contributed by atoms with E-state index in [2.05, 4.69) is 37.3 Å². The van der Waals surface area contributed by atoms with E-state index in [4.69, 9.17) is 0 Å². The molecule has 23 heavy (non-hydrogen) atoms. The molecule has 0 aromatic heterocycles.